The molecule has 2 fully saturated rings. The fourth-order valence-corrected chi connectivity index (χ4v) is 3.57. The molecule has 3 N–H and O–H groups in total. The van der Waals surface area contributed by atoms with Crippen molar-refractivity contribution < 1.29 is 4.79 Å². The Morgan fingerprint density at radius 2 is 1.95 bits per heavy atom. The van der Waals surface area contributed by atoms with E-state index < -0.39 is 5.91 Å². The van der Waals surface area contributed by atoms with Crippen LogP contribution in [0.15, 0.2) is 30.3 Å². The van der Waals surface area contributed by atoms with Gasteiger partial charge in [0.1, 0.15) is 5.82 Å². The van der Waals surface area contributed by atoms with Crippen LogP contribution in [0, 0.1) is 11.8 Å². The summed E-state index contributed by atoms with van der Waals surface area (Å²) in [4.78, 5) is 18.8. The number of nitrogens with zero attached hydrogens (tertiary/aromatic N) is 2. The van der Waals surface area contributed by atoms with Crippen LogP contribution in [0.1, 0.15) is 10.4 Å². The van der Waals surface area contributed by atoms with Gasteiger partial charge in [-0.3, -0.25) is 4.79 Å². The highest BCUT2D eigenvalue weighted by Crippen LogP contribution is 2.31. The highest BCUT2D eigenvalue weighted by molar-refractivity contribution is 6.06. The average Bonchev–Trinajstić information content (AvgIpc) is 3.07. The van der Waals surface area contributed by atoms with Gasteiger partial charge in [0.05, 0.1) is 11.1 Å². The van der Waals surface area contributed by atoms with Crippen LogP contribution in [0.2, 0.25) is 0 Å². The summed E-state index contributed by atoms with van der Waals surface area (Å²) in [6.07, 6.45) is 0. The number of amides is 1. The Bertz CT molecular complexity index is 702. The molecule has 0 unspecified atom stereocenters. The number of benzene rings is 1. The minimum Gasteiger partial charge on any atom is -0.366 e. The van der Waals surface area contributed by atoms with E-state index in [-0.39, 0.29) is 0 Å². The number of anilines is 1. The maximum Gasteiger partial charge on any atom is 0.249 e. The molecule has 21 heavy (non-hydrogen) atoms. The number of aromatic nitrogens is 1. The van der Waals surface area contributed by atoms with Crippen LogP contribution < -0.4 is 16.0 Å². The molecule has 2 aromatic rings. The fraction of sp³-hybridized carbons (Fsp3) is 0.375. The normalized spacial score (nSPS) is 24.5. The van der Waals surface area contributed by atoms with E-state index >= 15 is 0 Å². The number of carbonyl (C=O) groups is 1. The van der Waals surface area contributed by atoms with Crippen LogP contribution in [0.3, 0.4) is 0 Å². The first kappa shape index (κ1) is 12.6. The molecule has 0 bridgehead atoms. The quantitative estimate of drug-likeness (QED) is 0.861. The first-order valence-corrected chi connectivity index (χ1v) is 7.37. The molecule has 5 heteroatoms. The van der Waals surface area contributed by atoms with Crippen LogP contribution in [0.25, 0.3) is 10.9 Å². The molecule has 108 valence electrons. The van der Waals surface area contributed by atoms with Gasteiger partial charge in [-0.25, -0.2) is 4.98 Å². The van der Waals surface area contributed by atoms with Crippen molar-refractivity contribution in [3.8, 4) is 0 Å². The van der Waals surface area contributed by atoms with E-state index in [1.54, 1.807) is 0 Å². The number of carbonyl (C=O) groups excluding carboxylic acids is 1. The van der Waals surface area contributed by atoms with Crippen molar-refractivity contribution in [3.63, 3.8) is 0 Å². The molecule has 1 aromatic heterocycles. The summed E-state index contributed by atoms with van der Waals surface area (Å²) in [7, 11) is 0. The lowest BCUT2D eigenvalue weighted by Crippen LogP contribution is -2.26. The van der Waals surface area contributed by atoms with Gasteiger partial charge in [0.15, 0.2) is 0 Å². The lowest BCUT2D eigenvalue weighted by molar-refractivity contribution is 0.100. The van der Waals surface area contributed by atoms with Crippen molar-refractivity contribution in [1.29, 1.82) is 0 Å². The van der Waals surface area contributed by atoms with Gasteiger partial charge in [-0.2, -0.15) is 0 Å². The number of para-hydroxylation sites is 1. The van der Waals surface area contributed by atoms with Crippen LogP contribution in [-0.4, -0.2) is 37.1 Å². The third-order valence-electron chi connectivity index (χ3n) is 4.68. The average molecular weight is 282 g/mol. The SMILES string of the molecule is NC(=O)c1cc(N2C[C@H]3CNC[C@H]3C2)nc2ccccc12. The van der Waals surface area contributed by atoms with Crippen molar-refractivity contribution in [2.24, 2.45) is 17.6 Å². The van der Waals surface area contributed by atoms with E-state index in [0.29, 0.717) is 17.4 Å². The molecule has 2 aliphatic heterocycles. The lowest BCUT2D eigenvalue weighted by Gasteiger charge is -2.20. The van der Waals surface area contributed by atoms with Gasteiger partial charge in [0.2, 0.25) is 5.91 Å². The van der Waals surface area contributed by atoms with Crippen molar-refractivity contribution in [2.75, 3.05) is 31.1 Å². The van der Waals surface area contributed by atoms with Crippen molar-refractivity contribution in [2.45, 2.75) is 0 Å². The first-order valence-electron chi connectivity index (χ1n) is 7.37. The predicted molar refractivity (Wildman–Crippen MR) is 82.3 cm³/mol. The summed E-state index contributed by atoms with van der Waals surface area (Å²) < 4.78 is 0. The third-order valence-corrected chi connectivity index (χ3v) is 4.68. The molecule has 2 saturated heterocycles. The molecule has 3 heterocycles. The summed E-state index contributed by atoms with van der Waals surface area (Å²) in [5.74, 6) is 1.86. The molecule has 0 saturated carbocycles. The zero-order valence-electron chi connectivity index (χ0n) is 11.7. The van der Waals surface area contributed by atoms with Gasteiger partial charge in [-0.1, -0.05) is 18.2 Å². The van der Waals surface area contributed by atoms with Gasteiger partial charge >= 0.3 is 0 Å². The molecular weight excluding hydrogens is 264 g/mol. The summed E-state index contributed by atoms with van der Waals surface area (Å²) in [6, 6.07) is 9.52. The molecular formula is C16H18N4O. The second kappa shape index (κ2) is 4.70. The Balaban J connectivity index is 1.77. The first-order chi connectivity index (χ1) is 10.2. The largest absolute Gasteiger partial charge is 0.366 e. The van der Waals surface area contributed by atoms with E-state index in [2.05, 4.69) is 10.2 Å². The van der Waals surface area contributed by atoms with Crippen LogP contribution in [0.4, 0.5) is 5.82 Å². The molecule has 0 aliphatic carbocycles. The number of hydrogen-bond acceptors (Lipinski definition) is 4. The Morgan fingerprint density at radius 3 is 2.67 bits per heavy atom. The molecule has 5 nitrogen and oxygen atoms in total. The van der Waals surface area contributed by atoms with Gasteiger partial charge in [0.25, 0.3) is 0 Å². The molecule has 1 aromatic carbocycles. The van der Waals surface area contributed by atoms with Gasteiger partial charge < -0.3 is 16.0 Å². The van der Waals surface area contributed by atoms with E-state index in [0.717, 1.165) is 42.9 Å². The Hall–Kier alpha value is -2.14. The molecule has 2 aliphatic rings. The van der Waals surface area contributed by atoms with Gasteiger partial charge in [0, 0.05) is 31.6 Å². The van der Waals surface area contributed by atoms with E-state index in [4.69, 9.17) is 10.7 Å². The fourth-order valence-electron chi connectivity index (χ4n) is 3.57. The number of fused-ring (bicyclic) bond motifs is 2. The Labute approximate surface area is 123 Å². The van der Waals surface area contributed by atoms with Crippen LogP contribution in [-0.2, 0) is 0 Å². The second-order valence-electron chi connectivity index (χ2n) is 5.99. The van der Waals surface area contributed by atoms with Crippen LogP contribution in [0.5, 0.6) is 0 Å². The number of primary amides is 1. The predicted octanol–water partition coefficient (Wildman–Crippen LogP) is 0.989. The zero-order chi connectivity index (χ0) is 14.4. The summed E-state index contributed by atoms with van der Waals surface area (Å²) in [6.45, 7) is 4.16. The van der Waals surface area contributed by atoms with Crippen molar-refractivity contribution in [1.82, 2.24) is 10.3 Å². The monoisotopic (exact) mass is 282 g/mol. The highest BCUT2D eigenvalue weighted by Gasteiger charge is 2.36. The minimum absolute atomic E-state index is 0.393. The van der Waals surface area contributed by atoms with E-state index in [1.165, 1.54) is 0 Å². The molecule has 1 amide bonds. The molecule has 2 atom stereocenters. The topological polar surface area (TPSA) is 71.2 Å². The third kappa shape index (κ3) is 2.05. The second-order valence-corrected chi connectivity index (χ2v) is 5.99. The highest BCUT2D eigenvalue weighted by atomic mass is 16.1. The number of rotatable bonds is 2. The van der Waals surface area contributed by atoms with Gasteiger partial charge in [-0.05, 0) is 24.0 Å². The van der Waals surface area contributed by atoms with E-state index in [1.807, 2.05) is 30.3 Å². The standard InChI is InChI=1S/C16H18N4O/c17-16(21)13-5-15(19-14-4-2-1-3-12(13)14)20-8-10-6-18-7-11(10)9-20/h1-5,10-11,18H,6-9H2,(H2,17,21)/t10-,11+. The van der Waals surface area contributed by atoms with Crippen LogP contribution >= 0.6 is 0 Å². The number of nitrogens with one attached hydrogen (secondary N) is 1. The number of hydrogen-bond donors (Lipinski definition) is 2. The lowest BCUT2D eigenvalue weighted by atomic mass is 10.0. The van der Waals surface area contributed by atoms with E-state index in [9.17, 15) is 4.79 Å². The van der Waals surface area contributed by atoms with Gasteiger partial charge in [-0.15, -0.1) is 0 Å². The maximum atomic E-state index is 11.7. The number of nitrogens with two attached hydrogens (primary N) is 1. The summed E-state index contributed by atoms with van der Waals surface area (Å²) in [5.41, 5.74) is 6.94. The Morgan fingerprint density at radius 1 is 1.24 bits per heavy atom. The minimum atomic E-state index is -0.393. The summed E-state index contributed by atoms with van der Waals surface area (Å²) >= 11 is 0. The zero-order valence-corrected chi connectivity index (χ0v) is 11.7. The van der Waals surface area contributed by atoms with Crippen molar-refractivity contribution in [3.05, 3.63) is 35.9 Å². The van der Waals surface area contributed by atoms with Crippen molar-refractivity contribution >= 4 is 22.6 Å². The molecule has 0 radical (unpaired) electrons. The number of pyridine rings is 1. The Kier molecular flexibility index (Phi) is 2.82. The summed E-state index contributed by atoms with van der Waals surface area (Å²) in [5, 5.41) is 4.26. The molecule has 0 spiro atoms. The molecule has 4 rings (SSSR count). The smallest absolute Gasteiger partial charge is 0.249 e. The maximum absolute atomic E-state index is 11.7.